The number of aromatic amines is 1. The Hall–Kier alpha value is -2.12. The van der Waals surface area contributed by atoms with Crippen molar-refractivity contribution in [2.75, 3.05) is 6.26 Å². The summed E-state index contributed by atoms with van der Waals surface area (Å²) >= 11 is 3.38. The maximum absolute atomic E-state index is 12.3. The maximum Gasteiger partial charge on any atom is 0.251 e. The van der Waals surface area contributed by atoms with E-state index >= 15 is 0 Å². The lowest BCUT2D eigenvalue weighted by atomic mass is 10.1. The molecule has 130 valence electrons. The number of carbonyl (C=O) groups is 1. The van der Waals surface area contributed by atoms with Gasteiger partial charge in [-0.25, -0.2) is 9.97 Å². The van der Waals surface area contributed by atoms with Crippen LogP contribution in [0.4, 0.5) is 0 Å². The topological polar surface area (TPSA) is 70.7 Å². The molecule has 2 aromatic heterocycles. The Labute approximate surface area is 155 Å². The van der Waals surface area contributed by atoms with Gasteiger partial charge in [0.15, 0.2) is 0 Å². The van der Waals surface area contributed by atoms with Gasteiger partial charge in [-0.2, -0.15) is 11.8 Å². The predicted molar refractivity (Wildman–Crippen MR) is 104 cm³/mol. The van der Waals surface area contributed by atoms with Gasteiger partial charge in [-0.15, -0.1) is 11.3 Å². The van der Waals surface area contributed by atoms with Gasteiger partial charge in [0.05, 0.1) is 17.9 Å². The number of imidazole rings is 1. The van der Waals surface area contributed by atoms with Crippen LogP contribution in [0.5, 0.6) is 0 Å². The summed E-state index contributed by atoms with van der Waals surface area (Å²) in [4.78, 5) is 24.5. The van der Waals surface area contributed by atoms with Gasteiger partial charge in [0.2, 0.25) is 0 Å². The molecule has 0 aliphatic carbocycles. The molecule has 25 heavy (non-hydrogen) atoms. The monoisotopic (exact) mass is 372 g/mol. The Bertz CT molecular complexity index is 868. The number of rotatable bonds is 6. The summed E-state index contributed by atoms with van der Waals surface area (Å²) in [5.41, 5.74) is 4.49. The normalized spacial score (nSPS) is 10.8. The van der Waals surface area contributed by atoms with Crippen molar-refractivity contribution >= 4 is 29.0 Å². The second-order valence-corrected chi connectivity index (χ2v) is 7.53. The first-order valence-electron chi connectivity index (χ1n) is 7.91. The highest BCUT2D eigenvalue weighted by atomic mass is 32.2. The summed E-state index contributed by atoms with van der Waals surface area (Å²) < 4.78 is 0. The molecule has 2 heterocycles. The number of benzene rings is 1. The number of thiazole rings is 1. The molecule has 3 aromatic rings. The summed E-state index contributed by atoms with van der Waals surface area (Å²) in [6, 6.07) is 7.51. The Balaban J connectivity index is 1.63. The number of hydrogen-bond acceptors (Lipinski definition) is 5. The molecule has 0 fully saturated rings. The summed E-state index contributed by atoms with van der Waals surface area (Å²) in [5.74, 6) is 1.70. The summed E-state index contributed by atoms with van der Waals surface area (Å²) in [6.07, 6.45) is 2.05. The third kappa shape index (κ3) is 4.29. The minimum atomic E-state index is -0.0964. The lowest BCUT2D eigenvalue weighted by Gasteiger charge is -2.05. The van der Waals surface area contributed by atoms with Crippen molar-refractivity contribution in [3.63, 3.8) is 0 Å². The number of hydrogen-bond donors (Lipinski definition) is 2. The van der Waals surface area contributed by atoms with Crippen LogP contribution in [-0.2, 0) is 12.3 Å². The highest BCUT2D eigenvalue weighted by molar-refractivity contribution is 7.97. The number of aryl methyl sites for hydroxylation is 2. The molecule has 2 N–H and O–H groups in total. The van der Waals surface area contributed by atoms with Crippen LogP contribution >= 0.6 is 23.1 Å². The summed E-state index contributed by atoms with van der Waals surface area (Å²) in [7, 11) is 0. The van der Waals surface area contributed by atoms with E-state index in [1.807, 2.05) is 43.5 Å². The second kappa shape index (κ2) is 7.84. The van der Waals surface area contributed by atoms with E-state index in [2.05, 4.69) is 26.5 Å². The zero-order chi connectivity index (χ0) is 17.8. The van der Waals surface area contributed by atoms with E-state index in [1.165, 1.54) is 0 Å². The molecule has 0 saturated heterocycles. The van der Waals surface area contributed by atoms with Gasteiger partial charge in [0.1, 0.15) is 10.8 Å². The molecule has 0 aliphatic rings. The number of carbonyl (C=O) groups excluding carboxylic acids is 1. The van der Waals surface area contributed by atoms with Crippen molar-refractivity contribution in [1.82, 2.24) is 20.3 Å². The van der Waals surface area contributed by atoms with Crippen LogP contribution in [0.2, 0.25) is 0 Å². The van der Waals surface area contributed by atoms with Gasteiger partial charge < -0.3 is 10.3 Å². The number of nitrogens with zero attached hydrogens (tertiary/aromatic N) is 2. The molecule has 5 nitrogen and oxygen atoms in total. The van der Waals surface area contributed by atoms with Gasteiger partial charge in [-0.05, 0) is 32.2 Å². The van der Waals surface area contributed by atoms with Crippen molar-refractivity contribution < 1.29 is 4.79 Å². The van der Waals surface area contributed by atoms with Gasteiger partial charge in [0.25, 0.3) is 5.91 Å². The lowest BCUT2D eigenvalue weighted by molar-refractivity contribution is 0.0950. The van der Waals surface area contributed by atoms with Crippen LogP contribution < -0.4 is 5.32 Å². The van der Waals surface area contributed by atoms with Crippen LogP contribution in [0.1, 0.15) is 32.6 Å². The lowest BCUT2D eigenvalue weighted by Crippen LogP contribution is -2.22. The largest absolute Gasteiger partial charge is 0.346 e. The van der Waals surface area contributed by atoms with Gasteiger partial charge in [0, 0.05) is 28.0 Å². The number of thioether (sulfide) groups is 1. The van der Waals surface area contributed by atoms with E-state index in [1.54, 1.807) is 23.1 Å². The van der Waals surface area contributed by atoms with Gasteiger partial charge in [-0.1, -0.05) is 12.1 Å². The Morgan fingerprint density at radius 3 is 2.64 bits per heavy atom. The first-order valence-corrected chi connectivity index (χ1v) is 10.2. The summed E-state index contributed by atoms with van der Waals surface area (Å²) in [6.45, 7) is 4.37. The van der Waals surface area contributed by atoms with E-state index in [0.717, 1.165) is 39.2 Å². The van der Waals surface area contributed by atoms with Gasteiger partial charge >= 0.3 is 0 Å². The smallest absolute Gasteiger partial charge is 0.251 e. The predicted octanol–water partition coefficient (Wildman–Crippen LogP) is 3.94. The van der Waals surface area contributed by atoms with E-state index in [-0.39, 0.29) is 5.91 Å². The molecule has 0 aliphatic heterocycles. The van der Waals surface area contributed by atoms with E-state index in [9.17, 15) is 4.79 Å². The van der Waals surface area contributed by atoms with Crippen molar-refractivity contribution in [2.45, 2.75) is 26.1 Å². The fourth-order valence-electron chi connectivity index (χ4n) is 2.56. The third-order valence-electron chi connectivity index (χ3n) is 3.72. The van der Waals surface area contributed by atoms with Crippen molar-refractivity contribution in [2.24, 2.45) is 0 Å². The Morgan fingerprint density at radius 1 is 1.24 bits per heavy atom. The SMILES string of the molecule is CSCc1nc(CNC(=O)c2ccc(-c3nc(C)[nH]c3C)cc2)cs1. The van der Waals surface area contributed by atoms with Crippen molar-refractivity contribution in [3.05, 3.63) is 57.4 Å². The first-order chi connectivity index (χ1) is 12.1. The molecule has 0 spiro atoms. The van der Waals surface area contributed by atoms with Gasteiger partial charge in [-0.3, -0.25) is 4.79 Å². The molecule has 0 radical (unpaired) electrons. The highest BCUT2D eigenvalue weighted by Gasteiger charge is 2.10. The second-order valence-electron chi connectivity index (χ2n) is 5.72. The minimum absolute atomic E-state index is 0.0964. The fraction of sp³-hybridized carbons (Fsp3) is 0.278. The van der Waals surface area contributed by atoms with Crippen LogP contribution in [0.3, 0.4) is 0 Å². The Morgan fingerprint density at radius 2 is 2.00 bits per heavy atom. The minimum Gasteiger partial charge on any atom is -0.346 e. The number of aromatic nitrogens is 3. The van der Waals surface area contributed by atoms with Crippen LogP contribution in [0, 0.1) is 13.8 Å². The number of amides is 1. The van der Waals surface area contributed by atoms with E-state index in [0.29, 0.717) is 12.1 Å². The average molecular weight is 373 g/mol. The molecule has 1 amide bonds. The van der Waals surface area contributed by atoms with Crippen molar-refractivity contribution in [1.29, 1.82) is 0 Å². The maximum atomic E-state index is 12.3. The molecule has 3 rings (SSSR count). The molecule has 0 unspecified atom stereocenters. The molecule has 0 atom stereocenters. The van der Waals surface area contributed by atoms with E-state index < -0.39 is 0 Å². The van der Waals surface area contributed by atoms with Crippen LogP contribution in [0.15, 0.2) is 29.6 Å². The first kappa shape index (κ1) is 17.7. The quantitative estimate of drug-likeness (QED) is 0.687. The molecule has 1 aromatic carbocycles. The number of nitrogens with one attached hydrogen (secondary N) is 2. The van der Waals surface area contributed by atoms with E-state index in [4.69, 9.17) is 0 Å². The standard InChI is InChI=1S/C18H20N4OS2/c1-11-17(21-12(2)20-11)13-4-6-14(7-5-13)18(23)19-8-15-9-25-16(22-15)10-24-3/h4-7,9H,8,10H2,1-3H3,(H,19,23)(H,20,21). The molecule has 0 saturated carbocycles. The zero-order valence-electron chi connectivity index (χ0n) is 14.4. The highest BCUT2D eigenvalue weighted by Crippen LogP contribution is 2.21. The average Bonchev–Trinajstić information content (AvgIpc) is 3.19. The zero-order valence-corrected chi connectivity index (χ0v) is 16.1. The third-order valence-corrected chi connectivity index (χ3v) is 5.36. The molecule has 0 bridgehead atoms. The molecular formula is C18H20N4OS2. The van der Waals surface area contributed by atoms with Crippen LogP contribution in [0.25, 0.3) is 11.3 Å². The fourth-order valence-corrected chi connectivity index (χ4v) is 4.08. The van der Waals surface area contributed by atoms with Crippen LogP contribution in [-0.4, -0.2) is 27.1 Å². The molecule has 7 heteroatoms. The Kier molecular flexibility index (Phi) is 5.55. The summed E-state index contributed by atoms with van der Waals surface area (Å²) in [5, 5.41) is 6.01. The number of H-pyrrole nitrogens is 1. The van der Waals surface area contributed by atoms with Crippen molar-refractivity contribution in [3.8, 4) is 11.3 Å². The molecular weight excluding hydrogens is 352 g/mol.